The lowest BCUT2D eigenvalue weighted by Crippen LogP contribution is -2.53. The summed E-state index contributed by atoms with van der Waals surface area (Å²) < 4.78 is 5.45. The minimum Gasteiger partial charge on any atom is -0.460 e. The number of rotatable bonds is 4. The highest BCUT2D eigenvalue weighted by atomic mass is 32.1. The summed E-state index contributed by atoms with van der Waals surface area (Å²) in [5.41, 5.74) is 1.80. The standard InChI is InChI=1S/C23H27NO3S/c1-4-19-14(2)11-23(26)21(15(3)27-22(23)25)20(19)8-7-18-6-5-16(12-24-18)17-9-10-28-13-17/h5-10,12-15,19-21,26H,4,11H2,1-3H3/b8-7+/t14-,15+,19+,20-,21-,23-/m0/s1. The highest BCUT2D eigenvalue weighted by Gasteiger charge is 2.62. The van der Waals surface area contributed by atoms with Gasteiger partial charge in [0.1, 0.15) is 6.10 Å². The van der Waals surface area contributed by atoms with E-state index in [1.165, 1.54) is 5.56 Å². The maximum atomic E-state index is 12.3. The summed E-state index contributed by atoms with van der Waals surface area (Å²) in [7, 11) is 0. The van der Waals surface area contributed by atoms with Gasteiger partial charge in [0.15, 0.2) is 5.60 Å². The predicted molar refractivity (Wildman–Crippen MR) is 112 cm³/mol. The minimum atomic E-state index is -1.37. The highest BCUT2D eigenvalue weighted by molar-refractivity contribution is 7.08. The van der Waals surface area contributed by atoms with E-state index in [0.717, 1.165) is 17.7 Å². The Kier molecular flexibility index (Phi) is 5.15. The van der Waals surface area contributed by atoms with Gasteiger partial charge in [0.2, 0.25) is 0 Å². The molecule has 28 heavy (non-hydrogen) atoms. The average Bonchev–Trinajstić information content (AvgIpc) is 3.27. The second kappa shape index (κ2) is 7.45. The van der Waals surface area contributed by atoms with Crippen LogP contribution in [0.4, 0.5) is 0 Å². The van der Waals surface area contributed by atoms with Crippen molar-refractivity contribution in [2.24, 2.45) is 23.7 Å². The molecule has 1 aliphatic heterocycles. The molecule has 1 aliphatic carbocycles. The van der Waals surface area contributed by atoms with E-state index in [2.05, 4.69) is 47.8 Å². The molecule has 1 N–H and O–H groups in total. The second-order valence-corrected chi connectivity index (χ2v) is 9.01. The number of nitrogens with zero attached hydrogens (tertiary/aromatic N) is 1. The van der Waals surface area contributed by atoms with E-state index in [-0.39, 0.29) is 23.9 Å². The number of allylic oxidation sites excluding steroid dienone is 1. The van der Waals surface area contributed by atoms with E-state index >= 15 is 0 Å². The molecule has 0 bridgehead atoms. The molecule has 5 heteroatoms. The van der Waals surface area contributed by atoms with Crippen molar-refractivity contribution in [3.63, 3.8) is 0 Å². The van der Waals surface area contributed by atoms with Gasteiger partial charge in [-0.25, -0.2) is 4.79 Å². The van der Waals surface area contributed by atoms with Gasteiger partial charge in [0, 0.05) is 17.7 Å². The van der Waals surface area contributed by atoms with Gasteiger partial charge in [0.05, 0.1) is 5.69 Å². The van der Waals surface area contributed by atoms with Crippen LogP contribution in [0.2, 0.25) is 0 Å². The van der Waals surface area contributed by atoms with Crippen molar-refractivity contribution < 1.29 is 14.6 Å². The Morgan fingerprint density at radius 1 is 1.32 bits per heavy atom. The SMILES string of the molecule is CC[C@H]1[C@H](/C=C/c2ccc(-c3ccsc3)cn2)[C@@H]2[C@@H](C)OC(=O)[C@]2(O)C[C@@H]1C. The van der Waals surface area contributed by atoms with Crippen LogP contribution in [0.15, 0.2) is 41.2 Å². The quantitative estimate of drug-likeness (QED) is 0.753. The first-order valence-electron chi connectivity index (χ1n) is 10.0. The van der Waals surface area contributed by atoms with E-state index in [1.807, 2.05) is 25.3 Å². The first kappa shape index (κ1) is 19.3. The van der Waals surface area contributed by atoms with Gasteiger partial charge >= 0.3 is 5.97 Å². The molecular weight excluding hydrogens is 370 g/mol. The average molecular weight is 398 g/mol. The molecule has 6 atom stereocenters. The Balaban J connectivity index is 1.61. The van der Waals surface area contributed by atoms with Gasteiger partial charge in [-0.2, -0.15) is 11.3 Å². The van der Waals surface area contributed by atoms with Crippen LogP contribution in [0.25, 0.3) is 17.2 Å². The third-order valence-electron chi connectivity index (χ3n) is 6.58. The van der Waals surface area contributed by atoms with Gasteiger partial charge < -0.3 is 9.84 Å². The number of hydrogen-bond donors (Lipinski definition) is 1. The summed E-state index contributed by atoms with van der Waals surface area (Å²) >= 11 is 1.67. The van der Waals surface area contributed by atoms with Gasteiger partial charge in [0.25, 0.3) is 0 Å². The number of ether oxygens (including phenoxy) is 1. The van der Waals surface area contributed by atoms with Gasteiger partial charge in [-0.15, -0.1) is 0 Å². The van der Waals surface area contributed by atoms with Crippen LogP contribution in [-0.4, -0.2) is 27.8 Å². The van der Waals surface area contributed by atoms with Crippen LogP contribution in [0.1, 0.15) is 39.3 Å². The van der Waals surface area contributed by atoms with Crippen molar-refractivity contribution in [2.45, 2.75) is 45.3 Å². The van der Waals surface area contributed by atoms with Crippen molar-refractivity contribution in [1.29, 1.82) is 0 Å². The second-order valence-electron chi connectivity index (χ2n) is 8.23. The first-order chi connectivity index (χ1) is 13.4. The van der Waals surface area contributed by atoms with Crippen LogP contribution in [0.5, 0.6) is 0 Å². The number of fused-ring (bicyclic) bond motifs is 1. The molecule has 3 heterocycles. The Labute approximate surface area is 170 Å². The lowest BCUT2D eigenvalue weighted by atomic mass is 9.59. The molecule has 2 fully saturated rings. The zero-order valence-electron chi connectivity index (χ0n) is 16.5. The largest absolute Gasteiger partial charge is 0.460 e. The molecule has 0 unspecified atom stereocenters. The molecule has 0 amide bonds. The summed E-state index contributed by atoms with van der Waals surface area (Å²) in [6, 6.07) is 6.19. The number of esters is 1. The lowest BCUT2D eigenvalue weighted by molar-refractivity contribution is -0.160. The van der Waals surface area contributed by atoms with E-state index in [9.17, 15) is 9.90 Å². The van der Waals surface area contributed by atoms with E-state index in [0.29, 0.717) is 12.3 Å². The molecule has 1 saturated heterocycles. The number of cyclic esters (lactones) is 1. The molecule has 148 valence electrons. The van der Waals surface area contributed by atoms with Crippen molar-refractivity contribution in [2.75, 3.05) is 0 Å². The van der Waals surface area contributed by atoms with Crippen LogP contribution >= 0.6 is 11.3 Å². The number of carbonyl (C=O) groups excluding carboxylic acids is 1. The third-order valence-corrected chi connectivity index (χ3v) is 7.26. The lowest BCUT2D eigenvalue weighted by Gasteiger charge is -2.45. The summed E-state index contributed by atoms with van der Waals surface area (Å²) in [6.07, 6.45) is 7.28. The Morgan fingerprint density at radius 2 is 2.14 bits per heavy atom. The fourth-order valence-electron chi connectivity index (χ4n) is 5.26. The topological polar surface area (TPSA) is 59.4 Å². The minimum absolute atomic E-state index is 0.0820. The molecule has 4 rings (SSSR count). The zero-order chi connectivity index (χ0) is 19.9. The maximum absolute atomic E-state index is 12.3. The van der Waals surface area contributed by atoms with Crippen LogP contribution < -0.4 is 0 Å². The van der Waals surface area contributed by atoms with Crippen molar-refractivity contribution >= 4 is 23.4 Å². The van der Waals surface area contributed by atoms with Gasteiger partial charge in [-0.1, -0.05) is 32.4 Å². The number of pyridine rings is 1. The van der Waals surface area contributed by atoms with E-state index < -0.39 is 11.6 Å². The number of aliphatic hydroxyl groups is 1. The molecule has 2 aromatic heterocycles. The summed E-state index contributed by atoms with van der Waals surface area (Å²) in [5, 5.41) is 15.3. The smallest absolute Gasteiger partial charge is 0.338 e. The van der Waals surface area contributed by atoms with Crippen molar-refractivity contribution in [3.05, 3.63) is 46.9 Å². The fraction of sp³-hybridized carbons (Fsp3) is 0.478. The molecule has 2 aromatic rings. The van der Waals surface area contributed by atoms with Crippen molar-refractivity contribution in [1.82, 2.24) is 4.98 Å². The number of thiophene rings is 1. The number of hydrogen-bond acceptors (Lipinski definition) is 5. The highest BCUT2D eigenvalue weighted by Crippen LogP contribution is 2.52. The number of carbonyl (C=O) groups is 1. The molecule has 0 aromatic carbocycles. The van der Waals surface area contributed by atoms with Gasteiger partial charge in [-0.05, 0) is 65.6 Å². The fourth-order valence-corrected chi connectivity index (χ4v) is 5.92. The van der Waals surface area contributed by atoms with Crippen LogP contribution in [-0.2, 0) is 9.53 Å². The number of aromatic nitrogens is 1. The first-order valence-corrected chi connectivity index (χ1v) is 11.0. The van der Waals surface area contributed by atoms with Gasteiger partial charge in [-0.3, -0.25) is 4.98 Å². The van der Waals surface area contributed by atoms with Crippen LogP contribution in [0.3, 0.4) is 0 Å². The summed E-state index contributed by atoms with van der Waals surface area (Å²) in [6.45, 7) is 6.22. The molecule has 1 saturated carbocycles. The normalized spacial score (nSPS) is 35.1. The van der Waals surface area contributed by atoms with Crippen LogP contribution in [0, 0.1) is 23.7 Å². The van der Waals surface area contributed by atoms with E-state index in [4.69, 9.17) is 4.74 Å². The zero-order valence-corrected chi connectivity index (χ0v) is 17.4. The molecule has 2 aliphatic rings. The summed E-state index contributed by atoms with van der Waals surface area (Å²) in [5.74, 6) is 0.0836. The molecule has 0 spiro atoms. The molecular formula is C23H27NO3S. The third kappa shape index (κ3) is 3.20. The monoisotopic (exact) mass is 397 g/mol. The summed E-state index contributed by atoms with van der Waals surface area (Å²) in [4.78, 5) is 16.9. The Hall–Kier alpha value is -1.98. The maximum Gasteiger partial charge on any atom is 0.338 e. The Bertz CT molecular complexity index is 860. The van der Waals surface area contributed by atoms with Crippen molar-refractivity contribution in [3.8, 4) is 11.1 Å². The Morgan fingerprint density at radius 3 is 2.79 bits per heavy atom. The molecule has 0 radical (unpaired) electrons. The molecule has 4 nitrogen and oxygen atoms in total. The predicted octanol–water partition coefficient (Wildman–Crippen LogP) is 4.80. The van der Waals surface area contributed by atoms with E-state index in [1.54, 1.807) is 11.3 Å².